The summed E-state index contributed by atoms with van der Waals surface area (Å²) in [6.07, 6.45) is 1.57. The molecule has 0 unspecified atom stereocenters. The molecule has 0 saturated carbocycles. The normalized spacial score (nSPS) is 14.6. The van der Waals surface area contributed by atoms with E-state index in [4.69, 9.17) is 25.8 Å². The lowest BCUT2D eigenvalue weighted by Gasteiger charge is -2.10. The maximum absolute atomic E-state index is 12.2. The van der Waals surface area contributed by atoms with Crippen LogP contribution >= 0.6 is 34.2 Å². The van der Waals surface area contributed by atoms with Crippen molar-refractivity contribution in [2.75, 3.05) is 6.61 Å². The minimum Gasteiger partial charge on any atom is -0.490 e. The third-order valence-corrected chi connectivity index (χ3v) is 4.60. The van der Waals surface area contributed by atoms with Crippen LogP contribution in [0.2, 0.25) is 5.02 Å². The lowest BCUT2D eigenvalue weighted by atomic mass is 10.1. The molecule has 0 bridgehead atoms. The average molecular weight is 512 g/mol. The number of ether oxygens (including phenoxy) is 3. The van der Waals surface area contributed by atoms with E-state index in [1.807, 2.05) is 13.0 Å². The summed E-state index contributed by atoms with van der Waals surface area (Å²) in [7, 11) is 0. The number of hydrogen-bond acceptors (Lipinski definition) is 6. The van der Waals surface area contributed by atoms with Gasteiger partial charge in [-0.1, -0.05) is 17.7 Å². The fourth-order valence-electron chi connectivity index (χ4n) is 2.47. The molecule has 1 heterocycles. The molecule has 0 atom stereocenters. The Morgan fingerprint density at radius 1 is 1.25 bits per heavy atom. The molecule has 0 aromatic heterocycles. The summed E-state index contributed by atoms with van der Waals surface area (Å²) in [5.74, 6) is -0.174. The Morgan fingerprint density at radius 2 is 2.04 bits per heavy atom. The summed E-state index contributed by atoms with van der Waals surface area (Å²) in [4.78, 5) is 27.7. The molecule has 0 saturated heterocycles. The standard InChI is InChI=1S/C20H15ClINO5/c1-3-26-18-9-12(4-7-17(18)27-11(2)24)8-16-20(25)28-19(23-16)14-10-13(22)5-6-15(14)21/h4-10H,3H2,1-2H3/b16-8-. The first-order chi connectivity index (χ1) is 13.4. The van der Waals surface area contributed by atoms with E-state index >= 15 is 0 Å². The van der Waals surface area contributed by atoms with Crippen LogP contribution in [0.15, 0.2) is 47.1 Å². The van der Waals surface area contributed by atoms with Gasteiger partial charge in [-0.2, -0.15) is 0 Å². The van der Waals surface area contributed by atoms with Crippen LogP contribution < -0.4 is 9.47 Å². The molecule has 6 nitrogen and oxygen atoms in total. The van der Waals surface area contributed by atoms with Gasteiger partial charge in [-0.25, -0.2) is 9.79 Å². The third kappa shape index (κ3) is 4.71. The van der Waals surface area contributed by atoms with Crippen LogP contribution in [-0.2, 0) is 14.3 Å². The molecule has 2 aromatic rings. The highest BCUT2D eigenvalue weighted by molar-refractivity contribution is 14.1. The number of cyclic esters (lactones) is 1. The van der Waals surface area contributed by atoms with E-state index < -0.39 is 11.9 Å². The molecule has 8 heteroatoms. The zero-order valence-corrected chi connectivity index (χ0v) is 17.9. The Hall–Kier alpha value is -2.39. The van der Waals surface area contributed by atoms with Gasteiger partial charge in [-0.05, 0) is 71.5 Å². The first-order valence-corrected chi connectivity index (χ1v) is 9.76. The summed E-state index contributed by atoms with van der Waals surface area (Å²) < 4.78 is 16.9. The Bertz CT molecular complexity index is 1020. The van der Waals surface area contributed by atoms with Crippen molar-refractivity contribution in [1.29, 1.82) is 0 Å². The van der Waals surface area contributed by atoms with Crippen LogP contribution in [0.4, 0.5) is 0 Å². The van der Waals surface area contributed by atoms with Crippen LogP contribution in [0.5, 0.6) is 11.5 Å². The number of carbonyl (C=O) groups excluding carboxylic acids is 2. The third-order valence-electron chi connectivity index (χ3n) is 3.60. The highest BCUT2D eigenvalue weighted by Gasteiger charge is 2.26. The van der Waals surface area contributed by atoms with Gasteiger partial charge in [0.1, 0.15) is 0 Å². The Morgan fingerprint density at radius 3 is 2.75 bits per heavy atom. The lowest BCUT2D eigenvalue weighted by Crippen LogP contribution is -2.06. The predicted molar refractivity (Wildman–Crippen MR) is 114 cm³/mol. The molecule has 28 heavy (non-hydrogen) atoms. The smallest absolute Gasteiger partial charge is 0.363 e. The summed E-state index contributed by atoms with van der Waals surface area (Å²) in [6.45, 7) is 3.52. The Kier molecular flexibility index (Phi) is 6.35. The van der Waals surface area contributed by atoms with Gasteiger partial charge >= 0.3 is 11.9 Å². The van der Waals surface area contributed by atoms with Crippen molar-refractivity contribution in [3.05, 3.63) is 61.8 Å². The molecular weight excluding hydrogens is 497 g/mol. The maximum atomic E-state index is 12.2. The first-order valence-electron chi connectivity index (χ1n) is 8.30. The van der Waals surface area contributed by atoms with Crippen molar-refractivity contribution in [3.63, 3.8) is 0 Å². The molecule has 1 aliphatic heterocycles. The fraction of sp³-hybridized carbons (Fsp3) is 0.150. The minimum atomic E-state index is -0.577. The molecule has 0 radical (unpaired) electrons. The largest absolute Gasteiger partial charge is 0.490 e. The van der Waals surface area contributed by atoms with E-state index in [0.717, 1.165) is 3.57 Å². The van der Waals surface area contributed by atoms with Crippen molar-refractivity contribution >= 4 is 58.1 Å². The molecule has 0 fully saturated rings. The minimum absolute atomic E-state index is 0.132. The molecular formula is C20H15ClINO5. The van der Waals surface area contributed by atoms with Gasteiger partial charge < -0.3 is 14.2 Å². The van der Waals surface area contributed by atoms with Gasteiger partial charge in [-0.3, -0.25) is 4.79 Å². The summed E-state index contributed by atoms with van der Waals surface area (Å²) in [5.41, 5.74) is 1.32. The highest BCUT2D eigenvalue weighted by Crippen LogP contribution is 2.31. The molecule has 0 spiro atoms. The number of aliphatic imine (C=N–C) groups is 1. The fourth-order valence-corrected chi connectivity index (χ4v) is 3.16. The van der Waals surface area contributed by atoms with Gasteiger partial charge in [-0.15, -0.1) is 0 Å². The highest BCUT2D eigenvalue weighted by atomic mass is 127. The topological polar surface area (TPSA) is 74.2 Å². The average Bonchev–Trinajstić information content (AvgIpc) is 2.99. The van der Waals surface area contributed by atoms with Crippen LogP contribution in [-0.4, -0.2) is 24.4 Å². The molecule has 144 valence electrons. The van der Waals surface area contributed by atoms with Crippen molar-refractivity contribution in [1.82, 2.24) is 0 Å². The lowest BCUT2D eigenvalue weighted by molar-refractivity contribution is -0.132. The zero-order valence-electron chi connectivity index (χ0n) is 15.0. The van der Waals surface area contributed by atoms with Gasteiger partial charge in [0.25, 0.3) is 0 Å². The van der Waals surface area contributed by atoms with Crippen LogP contribution in [0.25, 0.3) is 6.08 Å². The van der Waals surface area contributed by atoms with Crippen molar-refractivity contribution in [2.24, 2.45) is 4.99 Å². The molecule has 1 aliphatic rings. The second-order valence-corrected chi connectivity index (χ2v) is 7.35. The van der Waals surface area contributed by atoms with E-state index in [1.54, 1.807) is 36.4 Å². The predicted octanol–water partition coefficient (Wildman–Crippen LogP) is 4.61. The second-order valence-electron chi connectivity index (χ2n) is 5.69. The molecule has 2 aromatic carbocycles. The number of esters is 2. The Balaban J connectivity index is 1.95. The SMILES string of the molecule is CCOc1cc(/C=C2\N=C(c3cc(I)ccc3Cl)OC2=O)ccc1OC(C)=O. The number of halogens is 2. The number of rotatable bonds is 5. The quantitative estimate of drug-likeness (QED) is 0.254. The molecule has 0 N–H and O–H groups in total. The number of carbonyl (C=O) groups is 2. The van der Waals surface area contributed by atoms with Crippen molar-refractivity contribution in [2.45, 2.75) is 13.8 Å². The summed E-state index contributed by atoms with van der Waals surface area (Å²) in [5, 5.41) is 0.442. The number of nitrogens with zero attached hydrogens (tertiary/aromatic N) is 1. The van der Waals surface area contributed by atoms with Crippen LogP contribution in [0.1, 0.15) is 25.0 Å². The van der Waals surface area contributed by atoms with Gasteiger partial charge in [0.15, 0.2) is 17.2 Å². The monoisotopic (exact) mass is 511 g/mol. The van der Waals surface area contributed by atoms with E-state index in [9.17, 15) is 9.59 Å². The van der Waals surface area contributed by atoms with E-state index in [2.05, 4.69) is 27.6 Å². The van der Waals surface area contributed by atoms with Crippen molar-refractivity contribution < 1.29 is 23.8 Å². The number of benzene rings is 2. The van der Waals surface area contributed by atoms with E-state index in [0.29, 0.717) is 34.3 Å². The van der Waals surface area contributed by atoms with Crippen LogP contribution in [0.3, 0.4) is 0 Å². The summed E-state index contributed by atoms with van der Waals surface area (Å²) in [6, 6.07) is 10.3. The first kappa shape index (κ1) is 20.3. The van der Waals surface area contributed by atoms with Crippen LogP contribution in [0, 0.1) is 3.57 Å². The Labute approximate surface area is 180 Å². The van der Waals surface area contributed by atoms with Gasteiger partial charge in [0, 0.05) is 10.5 Å². The van der Waals surface area contributed by atoms with Crippen molar-refractivity contribution in [3.8, 4) is 11.5 Å². The number of hydrogen-bond donors (Lipinski definition) is 0. The van der Waals surface area contributed by atoms with Gasteiger partial charge in [0.05, 0.1) is 17.2 Å². The zero-order chi connectivity index (χ0) is 20.3. The maximum Gasteiger partial charge on any atom is 0.363 e. The molecule has 0 aliphatic carbocycles. The van der Waals surface area contributed by atoms with E-state index in [-0.39, 0.29) is 11.6 Å². The van der Waals surface area contributed by atoms with E-state index in [1.165, 1.54) is 6.92 Å². The summed E-state index contributed by atoms with van der Waals surface area (Å²) >= 11 is 8.34. The molecule has 0 amide bonds. The second kappa shape index (κ2) is 8.74. The van der Waals surface area contributed by atoms with Gasteiger partial charge in [0.2, 0.25) is 5.90 Å². The molecule has 3 rings (SSSR count).